The highest BCUT2D eigenvalue weighted by Crippen LogP contribution is 2.18. The van der Waals surface area contributed by atoms with Gasteiger partial charge < -0.3 is 15.2 Å². The number of phenolic OH excluding ortho intramolecular Hbond substituents is 1. The van der Waals surface area contributed by atoms with Crippen LogP contribution in [0.2, 0.25) is 0 Å². The maximum atomic E-state index is 11.9. The molecule has 0 bridgehead atoms. The van der Waals surface area contributed by atoms with Gasteiger partial charge in [0.1, 0.15) is 11.5 Å². The van der Waals surface area contributed by atoms with Crippen LogP contribution in [0.25, 0.3) is 0 Å². The van der Waals surface area contributed by atoms with Gasteiger partial charge in [0.05, 0.1) is 12.7 Å². The van der Waals surface area contributed by atoms with Gasteiger partial charge in [-0.05, 0) is 30.2 Å². The number of hydrogen-bond acceptors (Lipinski definition) is 3. The number of methoxy groups -OCH3 is 1. The van der Waals surface area contributed by atoms with Gasteiger partial charge in [-0.15, -0.1) is 0 Å². The van der Waals surface area contributed by atoms with E-state index in [9.17, 15) is 9.90 Å². The van der Waals surface area contributed by atoms with Crippen LogP contribution in [0, 0.1) is 0 Å². The predicted octanol–water partition coefficient (Wildman–Crippen LogP) is 2.37. The first kappa shape index (κ1) is 13.9. The minimum absolute atomic E-state index is 0.0118. The van der Waals surface area contributed by atoms with E-state index in [0.717, 1.165) is 11.3 Å². The molecule has 0 spiro atoms. The van der Waals surface area contributed by atoms with Gasteiger partial charge in [-0.3, -0.25) is 4.79 Å². The number of benzene rings is 2. The van der Waals surface area contributed by atoms with Crippen LogP contribution in [-0.2, 0) is 6.42 Å². The molecule has 0 saturated heterocycles. The highest BCUT2D eigenvalue weighted by molar-refractivity contribution is 5.96. The second-order valence-electron chi connectivity index (χ2n) is 4.33. The lowest BCUT2D eigenvalue weighted by Gasteiger charge is -2.09. The standard InChI is InChI=1S/C16H17NO3/c1-20-15-9-5-2-6-12(15)10-11-17-16(19)13-7-3-4-8-14(13)18/h2-9,18H,10-11H2,1H3,(H,17,19). The summed E-state index contributed by atoms with van der Waals surface area (Å²) in [6.07, 6.45) is 0.670. The first-order valence-electron chi connectivity index (χ1n) is 6.40. The van der Waals surface area contributed by atoms with Crippen LogP contribution in [0.1, 0.15) is 15.9 Å². The number of phenols is 1. The number of para-hydroxylation sites is 2. The van der Waals surface area contributed by atoms with Crippen molar-refractivity contribution in [2.24, 2.45) is 0 Å². The average molecular weight is 271 g/mol. The van der Waals surface area contributed by atoms with Crippen LogP contribution >= 0.6 is 0 Å². The van der Waals surface area contributed by atoms with Crippen molar-refractivity contribution in [1.29, 1.82) is 0 Å². The zero-order valence-electron chi connectivity index (χ0n) is 11.3. The van der Waals surface area contributed by atoms with Crippen molar-refractivity contribution < 1.29 is 14.6 Å². The largest absolute Gasteiger partial charge is 0.507 e. The van der Waals surface area contributed by atoms with Crippen LogP contribution in [0.3, 0.4) is 0 Å². The Morgan fingerprint density at radius 3 is 2.60 bits per heavy atom. The van der Waals surface area contributed by atoms with E-state index in [1.165, 1.54) is 6.07 Å². The molecule has 2 aromatic carbocycles. The molecular formula is C16H17NO3. The molecule has 2 N–H and O–H groups in total. The Morgan fingerprint density at radius 1 is 1.15 bits per heavy atom. The minimum atomic E-state index is -0.280. The lowest BCUT2D eigenvalue weighted by molar-refractivity contribution is 0.0951. The molecule has 0 radical (unpaired) electrons. The van der Waals surface area contributed by atoms with Crippen molar-refractivity contribution in [3.63, 3.8) is 0 Å². The number of aromatic hydroxyl groups is 1. The van der Waals surface area contributed by atoms with Crippen LogP contribution < -0.4 is 10.1 Å². The van der Waals surface area contributed by atoms with E-state index < -0.39 is 0 Å². The molecule has 0 unspecified atom stereocenters. The topological polar surface area (TPSA) is 58.6 Å². The SMILES string of the molecule is COc1ccccc1CCNC(=O)c1ccccc1O. The summed E-state index contributed by atoms with van der Waals surface area (Å²) in [6, 6.07) is 14.2. The molecule has 104 valence electrons. The average Bonchev–Trinajstić information content (AvgIpc) is 2.48. The van der Waals surface area contributed by atoms with Gasteiger partial charge >= 0.3 is 0 Å². The molecule has 4 heteroatoms. The smallest absolute Gasteiger partial charge is 0.255 e. The molecule has 0 fully saturated rings. The van der Waals surface area contributed by atoms with Crippen LogP contribution in [0.5, 0.6) is 11.5 Å². The van der Waals surface area contributed by atoms with E-state index in [2.05, 4.69) is 5.32 Å². The van der Waals surface area contributed by atoms with Crippen molar-refractivity contribution in [2.75, 3.05) is 13.7 Å². The summed E-state index contributed by atoms with van der Waals surface area (Å²) in [7, 11) is 1.62. The molecule has 2 aromatic rings. The van der Waals surface area contributed by atoms with Crippen molar-refractivity contribution in [3.8, 4) is 11.5 Å². The van der Waals surface area contributed by atoms with Crippen molar-refractivity contribution in [2.45, 2.75) is 6.42 Å². The molecule has 2 rings (SSSR count). The summed E-state index contributed by atoms with van der Waals surface area (Å²) in [6.45, 7) is 0.480. The molecule has 0 aliphatic heterocycles. The van der Waals surface area contributed by atoms with Crippen LogP contribution in [-0.4, -0.2) is 24.7 Å². The molecule has 0 atom stereocenters. The van der Waals surface area contributed by atoms with Crippen molar-refractivity contribution in [1.82, 2.24) is 5.32 Å². The molecule has 20 heavy (non-hydrogen) atoms. The predicted molar refractivity (Wildman–Crippen MR) is 77.1 cm³/mol. The number of amides is 1. The van der Waals surface area contributed by atoms with Gasteiger partial charge in [0.2, 0.25) is 0 Å². The summed E-state index contributed by atoms with van der Waals surface area (Å²) >= 11 is 0. The highest BCUT2D eigenvalue weighted by Gasteiger charge is 2.09. The minimum Gasteiger partial charge on any atom is -0.507 e. The third kappa shape index (κ3) is 3.29. The maximum absolute atomic E-state index is 11.9. The van der Waals surface area contributed by atoms with Gasteiger partial charge in [0, 0.05) is 6.54 Å². The fraction of sp³-hybridized carbons (Fsp3) is 0.188. The number of rotatable bonds is 5. The second-order valence-corrected chi connectivity index (χ2v) is 4.33. The highest BCUT2D eigenvalue weighted by atomic mass is 16.5. The summed E-state index contributed by atoms with van der Waals surface area (Å²) in [5, 5.41) is 12.4. The van der Waals surface area contributed by atoms with E-state index in [0.29, 0.717) is 13.0 Å². The Hall–Kier alpha value is -2.49. The van der Waals surface area contributed by atoms with E-state index >= 15 is 0 Å². The first-order chi connectivity index (χ1) is 9.72. The molecule has 0 aliphatic carbocycles. The van der Waals surface area contributed by atoms with E-state index in [1.807, 2.05) is 24.3 Å². The van der Waals surface area contributed by atoms with E-state index in [-0.39, 0.29) is 17.2 Å². The normalized spacial score (nSPS) is 10.1. The third-order valence-electron chi connectivity index (χ3n) is 3.02. The summed E-state index contributed by atoms with van der Waals surface area (Å²) in [4.78, 5) is 11.9. The van der Waals surface area contributed by atoms with E-state index in [1.54, 1.807) is 25.3 Å². The van der Waals surface area contributed by atoms with Crippen molar-refractivity contribution in [3.05, 3.63) is 59.7 Å². The number of hydrogen-bond donors (Lipinski definition) is 2. The maximum Gasteiger partial charge on any atom is 0.255 e. The first-order valence-corrected chi connectivity index (χ1v) is 6.40. The lowest BCUT2D eigenvalue weighted by atomic mass is 10.1. The number of carbonyl (C=O) groups excluding carboxylic acids is 1. The summed E-state index contributed by atoms with van der Waals surface area (Å²) in [5.74, 6) is 0.518. The van der Waals surface area contributed by atoms with Crippen LogP contribution in [0.15, 0.2) is 48.5 Å². The van der Waals surface area contributed by atoms with Crippen LogP contribution in [0.4, 0.5) is 0 Å². The Balaban J connectivity index is 1.93. The molecule has 1 amide bonds. The summed E-state index contributed by atoms with van der Waals surface area (Å²) < 4.78 is 5.25. The molecule has 4 nitrogen and oxygen atoms in total. The quantitative estimate of drug-likeness (QED) is 0.877. The molecule has 0 heterocycles. The molecular weight excluding hydrogens is 254 g/mol. The second kappa shape index (κ2) is 6.61. The van der Waals surface area contributed by atoms with E-state index in [4.69, 9.17) is 4.74 Å². The van der Waals surface area contributed by atoms with Gasteiger partial charge in [-0.1, -0.05) is 30.3 Å². The Kier molecular flexibility index (Phi) is 4.60. The zero-order chi connectivity index (χ0) is 14.4. The Morgan fingerprint density at radius 2 is 1.85 bits per heavy atom. The third-order valence-corrected chi connectivity index (χ3v) is 3.02. The lowest BCUT2D eigenvalue weighted by Crippen LogP contribution is -2.25. The Labute approximate surface area is 118 Å². The molecule has 0 aromatic heterocycles. The summed E-state index contributed by atoms with van der Waals surface area (Å²) in [5.41, 5.74) is 1.32. The van der Waals surface area contributed by atoms with Gasteiger partial charge in [0.25, 0.3) is 5.91 Å². The van der Waals surface area contributed by atoms with Gasteiger partial charge in [-0.2, -0.15) is 0 Å². The fourth-order valence-corrected chi connectivity index (χ4v) is 1.98. The number of nitrogens with one attached hydrogen (secondary N) is 1. The molecule has 0 saturated carbocycles. The zero-order valence-corrected chi connectivity index (χ0v) is 11.3. The number of carbonyl (C=O) groups is 1. The van der Waals surface area contributed by atoms with Gasteiger partial charge in [-0.25, -0.2) is 0 Å². The van der Waals surface area contributed by atoms with Gasteiger partial charge in [0.15, 0.2) is 0 Å². The van der Waals surface area contributed by atoms with Crippen molar-refractivity contribution >= 4 is 5.91 Å². The fourth-order valence-electron chi connectivity index (χ4n) is 1.98. The number of ether oxygens (including phenoxy) is 1. The Bertz CT molecular complexity index is 596. The monoisotopic (exact) mass is 271 g/mol. The molecule has 0 aliphatic rings.